The number of carbonyl (C=O) groups excluding carboxylic acids is 1. The molecule has 2 rings (SSSR count). The van der Waals surface area contributed by atoms with Crippen molar-refractivity contribution in [2.24, 2.45) is 11.8 Å². The Morgan fingerprint density at radius 1 is 1.15 bits per heavy atom. The topological polar surface area (TPSA) is 32.3 Å². The summed E-state index contributed by atoms with van der Waals surface area (Å²) >= 11 is 0. The van der Waals surface area contributed by atoms with E-state index >= 15 is 0 Å². The molecule has 3 heteroatoms. The first-order valence-electron chi connectivity index (χ1n) is 8.78. The van der Waals surface area contributed by atoms with Crippen LogP contribution >= 0.6 is 0 Å². The van der Waals surface area contributed by atoms with E-state index in [1.165, 1.54) is 38.5 Å². The minimum absolute atomic E-state index is 0.407. The Kier molecular flexibility index (Phi) is 6.85. The smallest absolute Gasteiger partial charge is 0.222 e. The Labute approximate surface area is 124 Å². The average Bonchev–Trinajstić information content (AvgIpc) is 2.99. The lowest BCUT2D eigenvalue weighted by atomic mass is 9.88. The predicted molar refractivity (Wildman–Crippen MR) is 83.7 cm³/mol. The monoisotopic (exact) mass is 280 g/mol. The van der Waals surface area contributed by atoms with Gasteiger partial charge in [-0.25, -0.2) is 0 Å². The molecule has 2 aliphatic rings. The van der Waals surface area contributed by atoms with Crippen LogP contribution in [0.3, 0.4) is 0 Å². The summed E-state index contributed by atoms with van der Waals surface area (Å²) in [4.78, 5) is 14.6. The van der Waals surface area contributed by atoms with Gasteiger partial charge in [-0.3, -0.25) is 4.79 Å². The Hall–Kier alpha value is -0.570. The van der Waals surface area contributed by atoms with E-state index in [1.54, 1.807) is 0 Å². The highest BCUT2D eigenvalue weighted by Gasteiger charge is 2.22. The molecule has 20 heavy (non-hydrogen) atoms. The van der Waals surface area contributed by atoms with Gasteiger partial charge in [0, 0.05) is 19.5 Å². The molecule has 0 aromatic heterocycles. The van der Waals surface area contributed by atoms with Gasteiger partial charge in [0.05, 0.1) is 0 Å². The fourth-order valence-corrected chi connectivity index (χ4v) is 3.72. The highest BCUT2D eigenvalue weighted by atomic mass is 16.2. The van der Waals surface area contributed by atoms with Crippen LogP contribution in [0.1, 0.15) is 64.7 Å². The molecule has 1 atom stereocenters. The molecule has 1 N–H and O–H groups in total. The maximum absolute atomic E-state index is 12.5. The summed E-state index contributed by atoms with van der Waals surface area (Å²) < 4.78 is 0. The third kappa shape index (κ3) is 5.08. The van der Waals surface area contributed by atoms with Gasteiger partial charge in [0.1, 0.15) is 0 Å². The SMILES string of the molecule is CCCN(CC1CCCCC1)C(=O)CCC1CCNC1. The van der Waals surface area contributed by atoms with Crippen LogP contribution in [0.15, 0.2) is 0 Å². The van der Waals surface area contributed by atoms with Crippen molar-refractivity contribution in [2.45, 2.75) is 64.7 Å². The van der Waals surface area contributed by atoms with Crippen molar-refractivity contribution in [3.8, 4) is 0 Å². The number of hydrogen-bond donors (Lipinski definition) is 1. The standard InChI is InChI=1S/C17H32N2O/c1-2-12-19(14-16-6-4-3-5-7-16)17(20)9-8-15-10-11-18-13-15/h15-16,18H,2-14H2,1H3. The summed E-state index contributed by atoms with van der Waals surface area (Å²) in [5, 5.41) is 3.39. The normalized spacial score (nSPS) is 23.9. The van der Waals surface area contributed by atoms with Gasteiger partial charge in [0.2, 0.25) is 5.91 Å². The molecule has 3 nitrogen and oxygen atoms in total. The van der Waals surface area contributed by atoms with Gasteiger partial charge in [-0.15, -0.1) is 0 Å². The Balaban J connectivity index is 1.74. The summed E-state index contributed by atoms with van der Waals surface area (Å²) in [5.74, 6) is 1.91. The number of rotatable bonds is 7. The Bertz CT molecular complexity index is 281. The molecule has 0 radical (unpaired) electrons. The molecular weight excluding hydrogens is 248 g/mol. The van der Waals surface area contributed by atoms with E-state index < -0.39 is 0 Å². The van der Waals surface area contributed by atoms with E-state index in [0.717, 1.165) is 57.3 Å². The van der Waals surface area contributed by atoms with E-state index in [4.69, 9.17) is 0 Å². The summed E-state index contributed by atoms with van der Waals surface area (Å²) in [7, 11) is 0. The number of amides is 1. The van der Waals surface area contributed by atoms with E-state index in [9.17, 15) is 4.79 Å². The molecule has 1 aliphatic carbocycles. The second kappa shape index (κ2) is 8.66. The third-order valence-electron chi connectivity index (χ3n) is 4.98. The van der Waals surface area contributed by atoms with Crippen LogP contribution in [0.4, 0.5) is 0 Å². The van der Waals surface area contributed by atoms with Crippen LogP contribution in [0.25, 0.3) is 0 Å². The zero-order valence-electron chi connectivity index (χ0n) is 13.2. The summed E-state index contributed by atoms with van der Waals surface area (Å²) in [6.45, 7) is 6.42. The zero-order chi connectivity index (χ0) is 14.2. The highest BCUT2D eigenvalue weighted by molar-refractivity contribution is 5.76. The predicted octanol–water partition coefficient (Wildman–Crippen LogP) is 3.20. The van der Waals surface area contributed by atoms with E-state index in [0.29, 0.717) is 5.91 Å². The lowest BCUT2D eigenvalue weighted by Crippen LogP contribution is -2.36. The van der Waals surface area contributed by atoms with Gasteiger partial charge in [-0.2, -0.15) is 0 Å². The molecule has 0 bridgehead atoms. The first-order chi connectivity index (χ1) is 9.79. The second-order valence-electron chi connectivity index (χ2n) is 6.74. The van der Waals surface area contributed by atoms with Crippen LogP contribution in [-0.4, -0.2) is 37.0 Å². The molecule has 0 aromatic carbocycles. The average molecular weight is 280 g/mol. The minimum Gasteiger partial charge on any atom is -0.342 e. The minimum atomic E-state index is 0.407. The molecule has 2 fully saturated rings. The molecule has 1 heterocycles. The Morgan fingerprint density at radius 2 is 1.95 bits per heavy atom. The van der Waals surface area contributed by atoms with Crippen LogP contribution in [0, 0.1) is 11.8 Å². The molecule has 1 unspecified atom stereocenters. The van der Waals surface area contributed by atoms with Crippen molar-refractivity contribution in [1.82, 2.24) is 10.2 Å². The number of hydrogen-bond acceptors (Lipinski definition) is 2. The van der Waals surface area contributed by atoms with Gasteiger partial charge in [-0.1, -0.05) is 26.2 Å². The van der Waals surface area contributed by atoms with Gasteiger partial charge in [-0.05, 0) is 57.0 Å². The van der Waals surface area contributed by atoms with Crippen molar-refractivity contribution < 1.29 is 4.79 Å². The van der Waals surface area contributed by atoms with Gasteiger partial charge >= 0.3 is 0 Å². The first kappa shape index (κ1) is 15.8. The fraction of sp³-hybridized carbons (Fsp3) is 0.941. The summed E-state index contributed by atoms with van der Waals surface area (Å²) in [6, 6.07) is 0. The number of carbonyl (C=O) groups is 1. The van der Waals surface area contributed by atoms with Crippen molar-refractivity contribution in [1.29, 1.82) is 0 Å². The zero-order valence-corrected chi connectivity index (χ0v) is 13.2. The van der Waals surface area contributed by atoms with Gasteiger partial charge in [0.15, 0.2) is 0 Å². The molecule has 1 aliphatic heterocycles. The lowest BCUT2D eigenvalue weighted by Gasteiger charge is -2.30. The van der Waals surface area contributed by atoms with Crippen LogP contribution < -0.4 is 5.32 Å². The van der Waals surface area contributed by atoms with E-state index in [1.807, 2.05) is 0 Å². The molecule has 0 aromatic rings. The molecule has 1 saturated heterocycles. The van der Waals surface area contributed by atoms with Crippen LogP contribution in [0.2, 0.25) is 0 Å². The maximum Gasteiger partial charge on any atom is 0.222 e. The van der Waals surface area contributed by atoms with Crippen LogP contribution in [-0.2, 0) is 4.79 Å². The van der Waals surface area contributed by atoms with Gasteiger partial charge < -0.3 is 10.2 Å². The van der Waals surface area contributed by atoms with E-state index in [2.05, 4.69) is 17.1 Å². The van der Waals surface area contributed by atoms with Crippen molar-refractivity contribution in [3.05, 3.63) is 0 Å². The summed E-state index contributed by atoms with van der Waals surface area (Å²) in [6.07, 6.45) is 11.0. The number of nitrogens with one attached hydrogen (secondary N) is 1. The molecule has 116 valence electrons. The largest absolute Gasteiger partial charge is 0.342 e. The first-order valence-corrected chi connectivity index (χ1v) is 8.78. The molecule has 0 spiro atoms. The van der Waals surface area contributed by atoms with Crippen molar-refractivity contribution in [2.75, 3.05) is 26.2 Å². The summed E-state index contributed by atoms with van der Waals surface area (Å²) in [5.41, 5.74) is 0. The Morgan fingerprint density at radius 3 is 2.60 bits per heavy atom. The number of nitrogens with zero attached hydrogens (tertiary/aromatic N) is 1. The van der Waals surface area contributed by atoms with Crippen LogP contribution in [0.5, 0.6) is 0 Å². The maximum atomic E-state index is 12.5. The van der Waals surface area contributed by atoms with E-state index in [-0.39, 0.29) is 0 Å². The lowest BCUT2D eigenvalue weighted by molar-refractivity contribution is -0.132. The van der Waals surface area contributed by atoms with Gasteiger partial charge in [0.25, 0.3) is 0 Å². The molecule has 1 amide bonds. The van der Waals surface area contributed by atoms with Crippen molar-refractivity contribution >= 4 is 5.91 Å². The highest BCUT2D eigenvalue weighted by Crippen LogP contribution is 2.25. The van der Waals surface area contributed by atoms with Crippen molar-refractivity contribution in [3.63, 3.8) is 0 Å². The molecule has 1 saturated carbocycles. The second-order valence-corrected chi connectivity index (χ2v) is 6.74. The molecular formula is C17H32N2O. The quantitative estimate of drug-likeness (QED) is 0.777. The third-order valence-corrected chi connectivity index (χ3v) is 4.98. The fourth-order valence-electron chi connectivity index (χ4n) is 3.72.